The first kappa shape index (κ1) is 9.91. The number of aromatic nitrogens is 1. The van der Waals surface area contributed by atoms with Gasteiger partial charge in [0.25, 0.3) is 0 Å². The van der Waals surface area contributed by atoms with Gasteiger partial charge in [0.05, 0.1) is 5.69 Å². The Balaban J connectivity index is 2.55. The van der Waals surface area contributed by atoms with E-state index < -0.39 is 0 Å². The van der Waals surface area contributed by atoms with Crippen molar-refractivity contribution in [3.63, 3.8) is 0 Å². The third-order valence-electron chi connectivity index (χ3n) is 2.79. The van der Waals surface area contributed by atoms with E-state index in [-0.39, 0.29) is 0 Å². The van der Waals surface area contributed by atoms with Crippen LogP contribution in [-0.4, -0.2) is 4.98 Å². The summed E-state index contributed by atoms with van der Waals surface area (Å²) in [6, 6.07) is 10.5. The molecule has 0 amide bonds. The van der Waals surface area contributed by atoms with Crippen molar-refractivity contribution in [3.05, 3.63) is 53.2 Å². The average Bonchev–Trinajstić information content (AvgIpc) is 2.23. The molecule has 0 fully saturated rings. The molecule has 0 radical (unpaired) electrons. The Kier molecular flexibility index (Phi) is 2.55. The van der Waals surface area contributed by atoms with Crippen LogP contribution in [0.15, 0.2) is 36.5 Å². The van der Waals surface area contributed by atoms with Crippen LogP contribution in [0.3, 0.4) is 0 Å². The largest absolute Gasteiger partial charge is 0.256 e. The number of benzene rings is 1. The Morgan fingerprint density at radius 2 is 1.60 bits per heavy atom. The number of hydrogen-bond donors (Lipinski definition) is 0. The Morgan fingerprint density at radius 1 is 0.867 bits per heavy atom. The highest BCUT2D eigenvalue weighted by Crippen LogP contribution is 2.22. The summed E-state index contributed by atoms with van der Waals surface area (Å²) in [7, 11) is 0. The van der Waals surface area contributed by atoms with Gasteiger partial charge in [-0.05, 0) is 43.5 Å². The highest BCUT2D eigenvalue weighted by molar-refractivity contribution is 5.64. The van der Waals surface area contributed by atoms with Crippen molar-refractivity contribution >= 4 is 0 Å². The van der Waals surface area contributed by atoms with Gasteiger partial charge in [-0.1, -0.05) is 24.3 Å². The second kappa shape index (κ2) is 3.85. The number of nitrogens with zero attached hydrogens (tertiary/aromatic N) is 1. The molecule has 0 unspecified atom stereocenters. The molecular formula is C14H15N. The summed E-state index contributed by atoms with van der Waals surface area (Å²) < 4.78 is 0. The number of hydrogen-bond acceptors (Lipinski definition) is 1. The van der Waals surface area contributed by atoms with Gasteiger partial charge in [0.2, 0.25) is 0 Å². The van der Waals surface area contributed by atoms with Crippen LogP contribution >= 0.6 is 0 Å². The van der Waals surface area contributed by atoms with E-state index in [0.717, 1.165) is 5.69 Å². The molecule has 1 aromatic heterocycles. The highest BCUT2D eigenvalue weighted by atomic mass is 14.7. The van der Waals surface area contributed by atoms with Gasteiger partial charge < -0.3 is 0 Å². The second-order valence-electron chi connectivity index (χ2n) is 3.97. The summed E-state index contributed by atoms with van der Waals surface area (Å²) in [4.78, 5) is 4.47. The van der Waals surface area contributed by atoms with Crippen LogP contribution in [-0.2, 0) is 0 Å². The molecule has 1 heteroatoms. The van der Waals surface area contributed by atoms with Gasteiger partial charge in [-0.3, -0.25) is 4.98 Å². The molecule has 1 heterocycles. The predicted octanol–water partition coefficient (Wildman–Crippen LogP) is 3.67. The van der Waals surface area contributed by atoms with Crippen molar-refractivity contribution in [2.75, 3.05) is 0 Å². The number of rotatable bonds is 1. The van der Waals surface area contributed by atoms with Gasteiger partial charge in [-0.15, -0.1) is 0 Å². The third kappa shape index (κ3) is 1.91. The van der Waals surface area contributed by atoms with Gasteiger partial charge in [0.15, 0.2) is 0 Å². The molecule has 2 aromatic rings. The molecule has 0 aliphatic carbocycles. The monoisotopic (exact) mass is 197 g/mol. The van der Waals surface area contributed by atoms with Gasteiger partial charge in [-0.2, -0.15) is 0 Å². The minimum atomic E-state index is 1.07. The summed E-state index contributed by atoms with van der Waals surface area (Å²) >= 11 is 0. The fourth-order valence-electron chi connectivity index (χ4n) is 1.63. The Bertz CT molecular complexity index is 486. The average molecular weight is 197 g/mol. The van der Waals surface area contributed by atoms with Gasteiger partial charge >= 0.3 is 0 Å². The minimum absolute atomic E-state index is 1.07. The number of pyridine rings is 1. The minimum Gasteiger partial charge on any atom is -0.256 e. The van der Waals surface area contributed by atoms with Gasteiger partial charge in [0.1, 0.15) is 0 Å². The molecule has 2 rings (SSSR count). The summed E-state index contributed by atoms with van der Waals surface area (Å²) in [5, 5.41) is 0. The van der Waals surface area contributed by atoms with Crippen LogP contribution in [0.2, 0.25) is 0 Å². The molecule has 0 spiro atoms. The van der Waals surface area contributed by atoms with E-state index >= 15 is 0 Å². The maximum absolute atomic E-state index is 4.47. The Hall–Kier alpha value is -1.63. The topological polar surface area (TPSA) is 12.9 Å². The first-order chi connectivity index (χ1) is 7.18. The molecule has 76 valence electrons. The predicted molar refractivity (Wildman–Crippen MR) is 63.9 cm³/mol. The van der Waals surface area contributed by atoms with Crippen molar-refractivity contribution in [2.24, 2.45) is 0 Å². The zero-order valence-corrected chi connectivity index (χ0v) is 9.41. The van der Waals surface area contributed by atoms with E-state index in [1.807, 2.05) is 6.20 Å². The van der Waals surface area contributed by atoms with Crippen molar-refractivity contribution in [1.29, 1.82) is 0 Å². The van der Waals surface area contributed by atoms with Gasteiger partial charge in [0, 0.05) is 11.8 Å². The molecule has 15 heavy (non-hydrogen) atoms. The van der Waals surface area contributed by atoms with E-state index in [0.29, 0.717) is 0 Å². The lowest BCUT2D eigenvalue weighted by Crippen LogP contribution is -1.90. The van der Waals surface area contributed by atoms with E-state index in [4.69, 9.17) is 0 Å². The molecule has 0 atom stereocenters. The normalized spacial score (nSPS) is 10.3. The molecule has 1 nitrogen and oxygen atoms in total. The molecule has 0 bridgehead atoms. The van der Waals surface area contributed by atoms with Crippen molar-refractivity contribution in [3.8, 4) is 11.3 Å². The molecule has 0 saturated heterocycles. The van der Waals surface area contributed by atoms with E-state index in [2.05, 4.69) is 56.1 Å². The molecule has 0 aliphatic heterocycles. The fraction of sp³-hybridized carbons (Fsp3) is 0.214. The van der Waals surface area contributed by atoms with Crippen LogP contribution in [0, 0.1) is 20.8 Å². The summed E-state index contributed by atoms with van der Waals surface area (Å²) in [5.41, 5.74) is 6.10. The van der Waals surface area contributed by atoms with E-state index in [1.54, 1.807) is 0 Å². The van der Waals surface area contributed by atoms with E-state index in [9.17, 15) is 0 Å². The van der Waals surface area contributed by atoms with E-state index in [1.165, 1.54) is 22.3 Å². The first-order valence-corrected chi connectivity index (χ1v) is 5.18. The van der Waals surface area contributed by atoms with Crippen LogP contribution < -0.4 is 0 Å². The molecule has 0 N–H and O–H groups in total. The van der Waals surface area contributed by atoms with Gasteiger partial charge in [-0.25, -0.2) is 0 Å². The molecule has 0 saturated carbocycles. The second-order valence-corrected chi connectivity index (χ2v) is 3.97. The number of aryl methyl sites for hydroxylation is 3. The Labute approximate surface area is 90.8 Å². The van der Waals surface area contributed by atoms with Crippen molar-refractivity contribution in [2.45, 2.75) is 20.8 Å². The van der Waals surface area contributed by atoms with Crippen LogP contribution in [0.4, 0.5) is 0 Å². The maximum atomic E-state index is 4.47. The standard InChI is InChI=1S/C14H15N/c1-10-6-4-5-7-13(10)14-8-11(2)12(3)9-15-14/h4-9H,1-3H3. The zero-order valence-electron chi connectivity index (χ0n) is 9.41. The van der Waals surface area contributed by atoms with Crippen molar-refractivity contribution in [1.82, 2.24) is 4.98 Å². The zero-order chi connectivity index (χ0) is 10.8. The van der Waals surface area contributed by atoms with Crippen LogP contribution in [0.1, 0.15) is 16.7 Å². The highest BCUT2D eigenvalue weighted by Gasteiger charge is 2.03. The van der Waals surface area contributed by atoms with Crippen LogP contribution in [0.25, 0.3) is 11.3 Å². The Morgan fingerprint density at radius 3 is 2.27 bits per heavy atom. The maximum Gasteiger partial charge on any atom is 0.0707 e. The summed E-state index contributed by atoms with van der Waals surface area (Å²) in [6.45, 7) is 6.33. The first-order valence-electron chi connectivity index (χ1n) is 5.18. The lowest BCUT2D eigenvalue weighted by atomic mass is 10.0. The molecule has 1 aromatic carbocycles. The van der Waals surface area contributed by atoms with Crippen LogP contribution in [0.5, 0.6) is 0 Å². The third-order valence-corrected chi connectivity index (χ3v) is 2.79. The SMILES string of the molecule is Cc1cnc(-c2ccccc2C)cc1C. The molecular weight excluding hydrogens is 182 g/mol. The quantitative estimate of drug-likeness (QED) is 0.679. The fourth-order valence-corrected chi connectivity index (χ4v) is 1.63. The summed E-state index contributed by atoms with van der Waals surface area (Å²) in [6.07, 6.45) is 1.94. The van der Waals surface area contributed by atoms with Crippen molar-refractivity contribution < 1.29 is 0 Å². The smallest absolute Gasteiger partial charge is 0.0707 e. The lowest BCUT2D eigenvalue weighted by molar-refractivity contribution is 1.21. The summed E-state index contributed by atoms with van der Waals surface area (Å²) in [5.74, 6) is 0. The molecule has 0 aliphatic rings. The lowest BCUT2D eigenvalue weighted by Gasteiger charge is -2.06.